The maximum absolute atomic E-state index is 3.64. The highest BCUT2D eigenvalue weighted by Crippen LogP contribution is 2.62. The molecule has 0 heterocycles. The molecule has 1 heteroatoms. The van der Waals surface area contributed by atoms with Crippen molar-refractivity contribution in [1.82, 2.24) is 0 Å². The quantitative estimate of drug-likeness (QED) is 0.603. The summed E-state index contributed by atoms with van der Waals surface area (Å²) in [4.78, 5) is 0. The minimum absolute atomic E-state index is 0.665. The third-order valence-electron chi connectivity index (χ3n) is 4.71. The van der Waals surface area contributed by atoms with Crippen LogP contribution in [0.3, 0.4) is 0 Å². The Morgan fingerprint density at radius 1 is 1.33 bits per heavy atom. The van der Waals surface area contributed by atoms with Crippen LogP contribution in [0.5, 0.6) is 0 Å². The molecule has 2 bridgehead atoms. The van der Waals surface area contributed by atoms with E-state index in [0.29, 0.717) is 5.41 Å². The Kier molecular flexibility index (Phi) is 2.06. The Bertz CT molecular complexity index is 185. The van der Waals surface area contributed by atoms with Crippen LogP contribution in [-0.2, 0) is 0 Å². The van der Waals surface area contributed by atoms with Gasteiger partial charge in [-0.1, -0.05) is 36.7 Å². The van der Waals surface area contributed by atoms with Gasteiger partial charge in [-0.05, 0) is 41.9 Å². The monoisotopic (exact) mass is 230 g/mol. The summed E-state index contributed by atoms with van der Waals surface area (Å²) in [7, 11) is 0. The number of alkyl halides is 1. The van der Waals surface area contributed by atoms with Gasteiger partial charge in [0.25, 0.3) is 0 Å². The Morgan fingerprint density at radius 2 is 2.00 bits per heavy atom. The Balaban J connectivity index is 2.11. The zero-order chi connectivity index (χ0) is 8.93. The molecule has 0 radical (unpaired) electrons. The van der Waals surface area contributed by atoms with E-state index in [9.17, 15) is 0 Å². The minimum Gasteiger partial charge on any atom is -0.0925 e. The largest absolute Gasteiger partial charge is 0.0925 e. The van der Waals surface area contributed by atoms with Crippen molar-refractivity contribution in [2.75, 3.05) is 5.33 Å². The van der Waals surface area contributed by atoms with Gasteiger partial charge in [0.15, 0.2) is 0 Å². The van der Waals surface area contributed by atoms with E-state index in [4.69, 9.17) is 0 Å². The third-order valence-corrected chi connectivity index (χ3v) is 5.54. The lowest BCUT2D eigenvalue weighted by atomic mass is 9.44. The standard InChI is InChI=1S/C11H19Br/c1-7-8(6-12)4-9-5-10(7)11(9,2)3/h7-10H,4-6H2,1-3H3. The molecule has 3 rings (SSSR count). The van der Waals surface area contributed by atoms with Crippen molar-refractivity contribution in [2.24, 2.45) is 29.1 Å². The lowest BCUT2D eigenvalue weighted by Gasteiger charge is -2.62. The predicted octanol–water partition coefficient (Wildman–Crippen LogP) is 3.70. The SMILES string of the molecule is CC1C(CBr)CC2CC1C2(C)C. The second kappa shape index (κ2) is 2.73. The smallest absolute Gasteiger partial charge is 0.00624 e. The fraction of sp³-hybridized carbons (Fsp3) is 1.00. The normalized spacial score (nSPS) is 50.0. The van der Waals surface area contributed by atoms with E-state index in [-0.39, 0.29) is 0 Å². The first kappa shape index (κ1) is 9.05. The van der Waals surface area contributed by atoms with E-state index < -0.39 is 0 Å². The van der Waals surface area contributed by atoms with Crippen molar-refractivity contribution in [2.45, 2.75) is 33.6 Å². The van der Waals surface area contributed by atoms with Crippen molar-refractivity contribution in [3.63, 3.8) is 0 Å². The van der Waals surface area contributed by atoms with Gasteiger partial charge >= 0.3 is 0 Å². The summed E-state index contributed by atoms with van der Waals surface area (Å²) >= 11 is 3.64. The van der Waals surface area contributed by atoms with Crippen LogP contribution >= 0.6 is 15.9 Å². The van der Waals surface area contributed by atoms with Crippen LogP contribution in [0.1, 0.15) is 33.6 Å². The fourth-order valence-electron chi connectivity index (χ4n) is 3.46. The molecule has 4 unspecified atom stereocenters. The van der Waals surface area contributed by atoms with Crippen LogP contribution in [0, 0.1) is 29.1 Å². The lowest BCUT2D eigenvalue weighted by Crippen LogP contribution is -2.55. The van der Waals surface area contributed by atoms with Crippen LogP contribution in [0.2, 0.25) is 0 Å². The third kappa shape index (κ3) is 1.01. The van der Waals surface area contributed by atoms with E-state index in [0.717, 1.165) is 23.7 Å². The van der Waals surface area contributed by atoms with E-state index >= 15 is 0 Å². The molecule has 0 N–H and O–H groups in total. The van der Waals surface area contributed by atoms with Crippen LogP contribution in [0.4, 0.5) is 0 Å². The molecular formula is C11H19Br. The summed E-state index contributed by atoms with van der Waals surface area (Å²) < 4.78 is 0. The van der Waals surface area contributed by atoms with Gasteiger partial charge in [-0.3, -0.25) is 0 Å². The van der Waals surface area contributed by atoms with Gasteiger partial charge in [0.1, 0.15) is 0 Å². The molecule has 0 aromatic carbocycles. The molecule has 0 saturated heterocycles. The highest BCUT2D eigenvalue weighted by atomic mass is 79.9. The lowest BCUT2D eigenvalue weighted by molar-refractivity contribution is -0.123. The number of fused-ring (bicyclic) bond motifs is 2. The van der Waals surface area contributed by atoms with Gasteiger partial charge in [-0.25, -0.2) is 0 Å². The topological polar surface area (TPSA) is 0 Å². The van der Waals surface area contributed by atoms with Crippen LogP contribution in [0.25, 0.3) is 0 Å². The molecule has 3 fully saturated rings. The average molecular weight is 231 g/mol. The Labute approximate surface area is 84.2 Å². The molecule has 0 nitrogen and oxygen atoms in total. The molecule has 0 spiro atoms. The number of hydrogen-bond donors (Lipinski definition) is 0. The van der Waals surface area contributed by atoms with Crippen LogP contribution < -0.4 is 0 Å². The summed E-state index contributed by atoms with van der Waals surface area (Å²) in [5, 5.41) is 1.22. The molecule has 3 aliphatic rings. The average Bonchev–Trinajstić information content (AvgIpc) is 2.03. The summed E-state index contributed by atoms with van der Waals surface area (Å²) in [6.45, 7) is 7.38. The zero-order valence-electron chi connectivity index (χ0n) is 8.31. The second-order valence-corrected chi connectivity index (χ2v) is 6.02. The van der Waals surface area contributed by atoms with E-state index in [1.807, 2.05) is 0 Å². The summed E-state index contributed by atoms with van der Waals surface area (Å²) in [5.74, 6) is 3.95. The first-order valence-corrected chi connectivity index (χ1v) is 6.25. The summed E-state index contributed by atoms with van der Waals surface area (Å²) in [6, 6.07) is 0. The molecule has 0 amide bonds. The molecule has 3 aliphatic carbocycles. The number of rotatable bonds is 1. The summed E-state index contributed by atoms with van der Waals surface area (Å²) in [6.07, 6.45) is 2.98. The molecule has 70 valence electrons. The fourth-order valence-corrected chi connectivity index (χ4v) is 4.31. The minimum atomic E-state index is 0.665. The van der Waals surface area contributed by atoms with Gasteiger partial charge in [-0.15, -0.1) is 0 Å². The van der Waals surface area contributed by atoms with E-state index in [1.54, 1.807) is 0 Å². The summed E-state index contributed by atoms with van der Waals surface area (Å²) in [5.41, 5.74) is 0.665. The molecular weight excluding hydrogens is 212 g/mol. The van der Waals surface area contributed by atoms with Gasteiger partial charge < -0.3 is 0 Å². The first-order chi connectivity index (χ1) is 5.57. The van der Waals surface area contributed by atoms with Gasteiger partial charge in [0.05, 0.1) is 0 Å². The highest BCUT2D eigenvalue weighted by molar-refractivity contribution is 9.09. The number of halogens is 1. The molecule has 3 saturated carbocycles. The van der Waals surface area contributed by atoms with Crippen molar-refractivity contribution in [3.8, 4) is 0 Å². The van der Waals surface area contributed by atoms with Gasteiger partial charge in [0, 0.05) is 5.33 Å². The van der Waals surface area contributed by atoms with E-state index in [2.05, 4.69) is 36.7 Å². The van der Waals surface area contributed by atoms with Crippen LogP contribution in [0.15, 0.2) is 0 Å². The Morgan fingerprint density at radius 3 is 2.42 bits per heavy atom. The Hall–Kier alpha value is 0.480. The van der Waals surface area contributed by atoms with Crippen LogP contribution in [-0.4, -0.2) is 5.33 Å². The van der Waals surface area contributed by atoms with Crippen molar-refractivity contribution in [3.05, 3.63) is 0 Å². The highest BCUT2D eigenvalue weighted by Gasteiger charge is 2.55. The van der Waals surface area contributed by atoms with E-state index in [1.165, 1.54) is 18.2 Å². The maximum atomic E-state index is 3.64. The molecule has 0 aromatic heterocycles. The van der Waals surface area contributed by atoms with Crippen molar-refractivity contribution >= 4 is 15.9 Å². The molecule has 4 atom stereocenters. The second-order valence-electron chi connectivity index (χ2n) is 5.37. The molecule has 0 aromatic rings. The predicted molar refractivity (Wildman–Crippen MR) is 56.4 cm³/mol. The first-order valence-electron chi connectivity index (χ1n) is 5.13. The van der Waals surface area contributed by atoms with Gasteiger partial charge in [0.2, 0.25) is 0 Å². The molecule has 0 aliphatic heterocycles. The zero-order valence-corrected chi connectivity index (χ0v) is 9.89. The maximum Gasteiger partial charge on any atom is 0.00624 e. The molecule has 12 heavy (non-hydrogen) atoms. The van der Waals surface area contributed by atoms with Gasteiger partial charge in [-0.2, -0.15) is 0 Å². The van der Waals surface area contributed by atoms with Crippen molar-refractivity contribution in [1.29, 1.82) is 0 Å². The number of hydrogen-bond acceptors (Lipinski definition) is 0. The van der Waals surface area contributed by atoms with Crippen molar-refractivity contribution < 1.29 is 0 Å².